The molecule has 0 bridgehead atoms. The smallest absolute Gasteiger partial charge is 0.0158 e. The van der Waals surface area contributed by atoms with Crippen LogP contribution in [0, 0.1) is 0 Å². The Morgan fingerprint density at radius 2 is 1.10 bits per heavy atom. The third kappa shape index (κ3) is 3.19. The normalized spacial score (nSPS) is 13.7. The van der Waals surface area contributed by atoms with Gasteiger partial charge in [-0.05, 0) is 63.4 Å². The van der Waals surface area contributed by atoms with Crippen molar-refractivity contribution in [1.29, 1.82) is 0 Å². The molecule has 0 saturated carbocycles. The number of hydrogen-bond donors (Lipinski definition) is 0. The molecule has 0 amide bonds. The summed E-state index contributed by atoms with van der Waals surface area (Å²) in [5.41, 5.74) is 11.1. The van der Waals surface area contributed by atoms with Gasteiger partial charge in [0.1, 0.15) is 0 Å². The molecule has 1 aliphatic rings. The number of fused-ring (bicyclic) bond motifs is 3. The topological polar surface area (TPSA) is 0 Å². The van der Waals surface area contributed by atoms with E-state index in [-0.39, 0.29) is 5.41 Å². The van der Waals surface area contributed by atoms with Crippen molar-refractivity contribution in [2.45, 2.75) is 32.1 Å². The number of benzene rings is 4. The summed E-state index contributed by atoms with van der Waals surface area (Å²) in [7, 11) is 0. The van der Waals surface area contributed by atoms with E-state index in [9.17, 15) is 0 Å². The largest absolute Gasteiger partial charge is 0.0622 e. The maximum atomic E-state index is 2.38. The monoisotopic (exact) mass is 374 g/mol. The highest BCUT2D eigenvalue weighted by Crippen LogP contribution is 2.49. The third-order valence-corrected chi connectivity index (χ3v) is 6.42. The van der Waals surface area contributed by atoms with Gasteiger partial charge in [-0.15, -0.1) is 0 Å². The van der Waals surface area contributed by atoms with E-state index < -0.39 is 0 Å². The second-order valence-corrected chi connectivity index (χ2v) is 8.61. The van der Waals surface area contributed by atoms with Crippen molar-refractivity contribution < 1.29 is 0 Å². The van der Waals surface area contributed by atoms with Crippen molar-refractivity contribution in [3.05, 3.63) is 119 Å². The Hall–Kier alpha value is -3.12. The van der Waals surface area contributed by atoms with Crippen LogP contribution < -0.4 is 0 Å². The molecule has 0 saturated heterocycles. The van der Waals surface area contributed by atoms with Gasteiger partial charge in [-0.25, -0.2) is 0 Å². The van der Waals surface area contributed by atoms with Gasteiger partial charge in [-0.1, -0.05) is 105 Å². The zero-order valence-electron chi connectivity index (χ0n) is 17.2. The summed E-state index contributed by atoms with van der Waals surface area (Å²) in [5, 5.41) is 0. The van der Waals surface area contributed by atoms with Gasteiger partial charge in [0.15, 0.2) is 0 Å². The standard InChI is InChI=1S/C29H26/c1-29(2)27-11-7-6-10-25(27)26-20-24(18-19-28(26)29)23-16-14-22(15-17-23)13-12-21-8-4-3-5-9-21/h3-11,14-20H,12-13H2,1-2H3. The minimum absolute atomic E-state index is 0.0752. The van der Waals surface area contributed by atoms with E-state index in [0.29, 0.717) is 0 Å². The first-order valence-corrected chi connectivity index (χ1v) is 10.5. The zero-order chi connectivity index (χ0) is 19.8. The lowest BCUT2D eigenvalue weighted by Crippen LogP contribution is -2.14. The van der Waals surface area contributed by atoms with Crippen LogP contribution in [0.25, 0.3) is 22.3 Å². The molecule has 29 heavy (non-hydrogen) atoms. The highest BCUT2D eigenvalue weighted by molar-refractivity contribution is 5.84. The van der Waals surface area contributed by atoms with E-state index in [1.165, 1.54) is 44.5 Å². The van der Waals surface area contributed by atoms with Crippen LogP contribution >= 0.6 is 0 Å². The third-order valence-electron chi connectivity index (χ3n) is 6.42. The van der Waals surface area contributed by atoms with Crippen LogP contribution in [0.2, 0.25) is 0 Å². The van der Waals surface area contributed by atoms with Gasteiger partial charge >= 0.3 is 0 Å². The number of hydrogen-bond acceptors (Lipinski definition) is 0. The van der Waals surface area contributed by atoms with Gasteiger partial charge < -0.3 is 0 Å². The molecule has 0 unspecified atom stereocenters. The molecule has 0 fully saturated rings. The summed E-state index contributed by atoms with van der Waals surface area (Å²) >= 11 is 0. The SMILES string of the molecule is CC1(C)c2ccccc2-c2cc(-c3ccc(CCc4ccccc4)cc3)ccc21. The molecule has 0 atom stereocenters. The molecule has 5 rings (SSSR count). The first kappa shape index (κ1) is 17.9. The molecule has 0 nitrogen and oxygen atoms in total. The van der Waals surface area contributed by atoms with Gasteiger partial charge in [-0.2, -0.15) is 0 Å². The molecule has 0 spiro atoms. The second kappa shape index (κ2) is 7.04. The Balaban J connectivity index is 1.42. The molecule has 0 radical (unpaired) electrons. The second-order valence-electron chi connectivity index (χ2n) is 8.61. The van der Waals surface area contributed by atoms with E-state index in [2.05, 4.69) is 111 Å². The Bertz CT molecular complexity index is 1150. The van der Waals surface area contributed by atoms with Crippen LogP contribution in [-0.2, 0) is 18.3 Å². The maximum absolute atomic E-state index is 2.38. The summed E-state index contributed by atoms with van der Waals surface area (Å²) in [5.74, 6) is 0. The molecule has 1 aliphatic carbocycles. The molecular formula is C29H26. The summed E-state index contributed by atoms with van der Waals surface area (Å²) in [6, 6.07) is 35.7. The van der Waals surface area contributed by atoms with E-state index >= 15 is 0 Å². The van der Waals surface area contributed by atoms with E-state index in [1.807, 2.05) is 0 Å². The predicted octanol–water partition coefficient (Wildman–Crippen LogP) is 7.45. The van der Waals surface area contributed by atoms with Gasteiger partial charge in [-0.3, -0.25) is 0 Å². The van der Waals surface area contributed by atoms with Crippen molar-refractivity contribution in [3.8, 4) is 22.3 Å². The average molecular weight is 375 g/mol. The van der Waals surface area contributed by atoms with Gasteiger partial charge in [0.05, 0.1) is 0 Å². The lowest BCUT2D eigenvalue weighted by molar-refractivity contribution is 0.660. The van der Waals surface area contributed by atoms with Gasteiger partial charge in [0, 0.05) is 5.41 Å². The fraction of sp³-hybridized carbons (Fsp3) is 0.172. The molecule has 0 heterocycles. The fourth-order valence-electron chi connectivity index (χ4n) is 4.70. The van der Waals surface area contributed by atoms with E-state index in [1.54, 1.807) is 0 Å². The summed E-state index contributed by atoms with van der Waals surface area (Å²) < 4.78 is 0. The van der Waals surface area contributed by atoms with Crippen LogP contribution in [0.3, 0.4) is 0 Å². The predicted molar refractivity (Wildman–Crippen MR) is 123 cm³/mol. The van der Waals surface area contributed by atoms with Crippen molar-refractivity contribution in [1.82, 2.24) is 0 Å². The molecule has 4 aromatic carbocycles. The van der Waals surface area contributed by atoms with Gasteiger partial charge in [0.2, 0.25) is 0 Å². The molecule has 0 aromatic heterocycles. The highest BCUT2D eigenvalue weighted by Gasteiger charge is 2.34. The van der Waals surface area contributed by atoms with Gasteiger partial charge in [0.25, 0.3) is 0 Å². The van der Waals surface area contributed by atoms with Crippen molar-refractivity contribution in [3.63, 3.8) is 0 Å². The van der Waals surface area contributed by atoms with Crippen LogP contribution in [0.5, 0.6) is 0 Å². The first-order valence-electron chi connectivity index (χ1n) is 10.5. The molecule has 0 heteroatoms. The maximum Gasteiger partial charge on any atom is 0.0158 e. The Kier molecular flexibility index (Phi) is 4.36. The lowest BCUT2D eigenvalue weighted by atomic mass is 9.82. The van der Waals surface area contributed by atoms with E-state index in [0.717, 1.165) is 12.8 Å². The molecule has 0 aliphatic heterocycles. The van der Waals surface area contributed by atoms with Crippen molar-refractivity contribution in [2.24, 2.45) is 0 Å². The summed E-state index contributed by atoms with van der Waals surface area (Å²) in [4.78, 5) is 0. The minimum atomic E-state index is 0.0752. The number of rotatable bonds is 4. The lowest BCUT2D eigenvalue weighted by Gasteiger charge is -2.21. The molecule has 142 valence electrons. The summed E-state index contributed by atoms with van der Waals surface area (Å²) in [6.45, 7) is 4.66. The van der Waals surface area contributed by atoms with Crippen molar-refractivity contribution >= 4 is 0 Å². The molecule has 0 N–H and O–H groups in total. The van der Waals surface area contributed by atoms with Crippen LogP contribution in [0.4, 0.5) is 0 Å². The van der Waals surface area contributed by atoms with Crippen LogP contribution in [0.15, 0.2) is 97.1 Å². The van der Waals surface area contributed by atoms with Crippen LogP contribution in [0.1, 0.15) is 36.1 Å². The zero-order valence-corrected chi connectivity index (χ0v) is 17.2. The Labute approximate surface area is 173 Å². The Morgan fingerprint density at radius 3 is 1.86 bits per heavy atom. The molecule has 4 aromatic rings. The Morgan fingerprint density at radius 1 is 0.517 bits per heavy atom. The fourth-order valence-corrected chi connectivity index (χ4v) is 4.70. The van der Waals surface area contributed by atoms with E-state index in [4.69, 9.17) is 0 Å². The highest BCUT2D eigenvalue weighted by atomic mass is 14.4. The minimum Gasteiger partial charge on any atom is -0.0622 e. The van der Waals surface area contributed by atoms with Crippen molar-refractivity contribution in [2.75, 3.05) is 0 Å². The quantitative estimate of drug-likeness (QED) is 0.348. The number of aryl methyl sites for hydroxylation is 2. The van der Waals surface area contributed by atoms with Crippen LogP contribution in [-0.4, -0.2) is 0 Å². The summed E-state index contributed by atoms with van der Waals surface area (Å²) in [6.07, 6.45) is 2.17. The first-order chi connectivity index (χ1) is 14.1. The molecular weight excluding hydrogens is 348 g/mol. The average Bonchev–Trinajstić information content (AvgIpc) is 3.00.